The van der Waals surface area contributed by atoms with Gasteiger partial charge in [0.2, 0.25) is 5.88 Å². The minimum atomic E-state index is 0.377. The molecule has 4 rings (SSSR count). The lowest BCUT2D eigenvalue weighted by atomic mass is 10.3. The molecule has 7 heteroatoms. The van der Waals surface area contributed by atoms with Crippen LogP contribution in [0.15, 0.2) is 47.2 Å². The summed E-state index contributed by atoms with van der Waals surface area (Å²) in [6.45, 7) is 3.93. The van der Waals surface area contributed by atoms with Crippen molar-refractivity contribution in [1.82, 2.24) is 24.6 Å². The SMILES string of the molecule is c1ccc(OCc2nnc3n2CCN(Cc2ccco2)CC3)nc1. The van der Waals surface area contributed by atoms with Gasteiger partial charge in [0.25, 0.3) is 0 Å². The third kappa shape index (κ3) is 3.30. The summed E-state index contributed by atoms with van der Waals surface area (Å²) in [5, 5.41) is 8.60. The molecule has 1 aliphatic rings. The third-order valence-corrected chi connectivity index (χ3v) is 4.14. The summed E-state index contributed by atoms with van der Waals surface area (Å²) < 4.78 is 13.3. The minimum Gasteiger partial charge on any atom is -0.469 e. The smallest absolute Gasteiger partial charge is 0.213 e. The van der Waals surface area contributed by atoms with E-state index in [9.17, 15) is 0 Å². The highest BCUT2D eigenvalue weighted by Gasteiger charge is 2.19. The maximum Gasteiger partial charge on any atom is 0.213 e. The second-order valence-electron chi connectivity index (χ2n) is 5.75. The van der Waals surface area contributed by atoms with Gasteiger partial charge in [0, 0.05) is 38.3 Å². The summed E-state index contributed by atoms with van der Waals surface area (Å²) in [6.07, 6.45) is 4.30. The Labute approximate surface area is 139 Å². The minimum absolute atomic E-state index is 0.377. The first-order chi connectivity index (χ1) is 11.9. The van der Waals surface area contributed by atoms with Crippen molar-refractivity contribution in [2.24, 2.45) is 0 Å². The van der Waals surface area contributed by atoms with Gasteiger partial charge in [0.05, 0.1) is 12.8 Å². The highest BCUT2D eigenvalue weighted by molar-refractivity contribution is 5.10. The van der Waals surface area contributed by atoms with Gasteiger partial charge in [-0.1, -0.05) is 6.07 Å². The highest BCUT2D eigenvalue weighted by Crippen LogP contribution is 2.14. The van der Waals surface area contributed by atoms with Crippen LogP contribution in [0.1, 0.15) is 17.4 Å². The quantitative estimate of drug-likeness (QED) is 0.714. The normalized spacial score (nSPS) is 15.0. The van der Waals surface area contributed by atoms with Gasteiger partial charge < -0.3 is 13.7 Å². The molecule has 7 nitrogen and oxygen atoms in total. The van der Waals surface area contributed by atoms with E-state index in [1.165, 1.54) is 0 Å². The molecule has 4 heterocycles. The van der Waals surface area contributed by atoms with Crippen molar-refractivity contribution < 1.29 is 9.15 Å². The summed E-state index contributed by atoms with van der Waals surface area (Å²) in [5.74, 6) is 3.45. The van der Waals surface area contributed by atoms with Crippen LogP contribution in [-0.4, -0.2) is 37.7 Å². The van der Waals surface area contributed by atoms with Crippen LogP contribution in [0, 0.1) is 0 Å². The lowest BCUT2D eigenvalue weighted by Crippen LogP contribution is -2.26. The first kappa shape index (κ1) is 14.9. The number of fused-ring (bicyclic) bond motifs is 1. The molecule has 1 aliphatic heterocycles. The molecule has 0 fully saturated rings. The predicted octanol–water partition coefficient (Wildman–Crippen LogP) is 1.90. The van der Waals surface area contributed by atoms with E-state index in [2.05, 4.69) is 24.6 Å². The zero-order chi connectivity index (χ0) is 16.2. The van der Waals surface area contributed by atoms with E-state index < -0.39 is 0 Å². The second kappa shape index (κ2) is 6.84. The molecule has 0 aliphatic carbocycles. The van der Waals surface area contributed by atoms with Gasteiger partial charge in [-0.25, -0.2) is 4.98 Å². The molecule has 0 bridgehead atoms. The molecule has 0 aromatic carbocycles. The van der Waals surface area contributed by atoms with Crippen LogP contribution in [0.4, 0.5) is 0 Å². The first-order valence-electron chi connectivity index (χ1n) is 8.08. The number of ether oxygens (including phenoxy) is 1. The molecule has 0 saturated carbocycles. The molecular formula is C17H19N5O2. The van der Waals surface area contributed by atoms with E-state index in [4.69, 9.17) is 9.15 Å². The Morgan fingerprint density at radius 1 is 1.08 bits per heavy atom. The number of aromatic nitrogens is 4. The van der Waals surface area contributed by atoms with E-state index in [0.717, 1.165) is 50.0 Å². The molecule has 0 radical (unpaired) electrons. The van der Waals surface area contributed by atoms with Crippen molar-refractivity contribution in [2.45, 2.75) is 26.1 Å². The summed E-state index contributed by atoms with van der Waals surface area (Å²) >= 11 is 0. The first-order valence-corrected chi connectivity index (χ1v) is 8.08. The fourth-order valence-corrected chi connectivity index (χ4v) is 2.89. The van der Waals surface area contributed by atoms with Crippen molar-refractivity contribution >= 4 is 0 Å². The Morgan fingerprint density at radius 2 is 2.08 bits per heavy atom. The van der Waals surface area contributed by atoms with Crippen molar-refractivity contribution in [2.75, 3.05) is 13.1 Å². The second-order valence-corrected chi connectivity index (χ2v) is 5.75. The van der Waals surface area contributed by atoms with Gasteiger partial charge in [0.1, 0.15) is 18.2 Å². The van der Waals surface area contributed by atoms with Crippen LogP contribution in [-0.2, 0) is 26.1 Å². The highest BCUT2D eigenvalue weighted by atomic mass is 16.5. The van der Waals surface area contributed by atoms with Crippen LogP contribution >= 0.6 is 0 Å². The van der Waals surface area contributed by atoms with E-state index in [1.807, 2.05) is 30.3 Å². The maximum absolute atomic E-state index is 5.71. The standard InChI is InChI=1S/C17H19N5O2/c1-2-7-18-17(5-1)24-13-16-20-19-15-6-8-21(9-10-22(15)16)12-14-4-3-11-23-14/h1-5,7,11H,6,8-10,12-13H2. The lowest BCUT2D eigenvalue weighted by Gasteiger charge is -2.17. The average molecular weight is 325 g/mol. The molecule has 0 unspecified atom stereocenters. The molecule has 0 amide bonds. The van der Waals surface area contributed by atoms with Gasteiger partial charge in [-0.3, -0.25) is 4.90 Å². The van der Waals surface area contributed by atoms with Gasteiger partial charge in [0.15, 0.2) is 5.82 Å². The largest absolute Gasteiger partial charge is 0.469 e. The fraction of sp³-hybridized carbons (Fsp3) is 0.353. The van der Waals surface area contributed by atoms with E-state index >= 15 is 0 Å². The van der Waals surface area contributed by atoms with Crippen LogP contribution in [0.3, 0.4) is 0 Å². The monoisotopic (exact) mass is 325 g/mol. The number of hydrogen-bond donors (Lipinski definition) is 0. The van der Waals surface area contributed by atoms with Gasteiger partial charge in [-0.15, -0.1) is 10.2 Å². The zero-order valence-electron chi connectivity index (χ0n) is 13.3. The zero-order valence-corrected chi connectivity index (χ0v) is 13.3. The third-order valence-electron chi connectivity index (χ3n) is 4.14. The van der Waals surface area contributed by atoms with Crippen LogP contribution in [0.25, 0.3) is 0 Å². The molecule has 0 N–H and O–H groups in total. The molecule has 0 spiro atoms. The molecule has 3 aromatic heterocycles. The number of furan rings is 1. The van der Waals surface area contributed by atoms with Gasteiger partial charge in [-0.2, -0.15) is 0 Å². The van der Waals surface area contributed by atoms with Crippen LogP contribution < -0.4 is 4.74 Å². The number of hydrogen-bond acceptors (Lipinski definition) is 6. The van der Waals surface area contributed by atoms with Crippen molar-refractivity contribution in [1.29, 1.82) is 0 Å². The summed E-state index contributed by atoms with van der Waals surface area (Å²) in [7, 11) is 0. The molecule has 124 valence electrons. The van der Waals surface area contributed by atoms with Crippen molar-refractivity contribution in [3.05, 3.63) is 60.2 Å². The molecule has 0 saturated heterocycles. The Morgan fingerprint density at radius 3 is 2.92 bits per heavy atom. The van der Waals surface area contributed by atoms with E-state index in [-0.39, 0.29) is 0 Å². The van der Waals surface area contributed by atoms with Crippen molar-refractivity contribution in [3.8, 4) is 5.88 Å². The van der Waals surface area contributed by atoms with Crippen molar-refractivity contribution in [3.63, 3.8) is 0 Å². The summed E-state index contributed by atoms with van der Waals surface area (Å²) in [6, 6.07) is 9.54. The van der Waals surface area contributed by atoms with E-state index in [0.29, 0.717) is 12.5 Å². The average Bonchev–Trinajstić information content (AvgIpc) is 3.21. The molecule has 24 heavy (non-hydrogen) atoms. The Hall–Kier alpha value is -2.67. The number of nitrogens with zero attached hydrogens (tertiary/aromatic N) is 5. The molecule has 3 aromatic rings. The summed E-state index contributed by atoms with van der Waals surface area (Å²) in [5.41, 5.74) is 0. The summed E-state index contributed by atoms with van der Waals surface area (Å²) in [4.78, 5) is 6.54. The van der Waals surface area contributed by atoms with Crippen LogP contribution in [0.2, 0.25) is 0 Å². The predicted molar refractivity (Wildman–Crippen MR) is 86.3 cm³/mol. The Balaban J connectivity index is 1.40. The van der Waals surface area contributed by atoms with Crippen LogP contribution in [0.5, 0.6) is 5.88 Å². The maximum atomic E-state index is 5.71. The molecule has 0 atom stereocenters. The van der Waals surface area contributed by atoms with Gasteiger partial charge >= 0.3 is 0 Å². The molecular weight excluding hydrogens is 306 g/mol. The van der Waals surface area contributed by atoms with Gasteiger partial charge in [-0.05, 0) is 18.2 Å². The Bertz CT molecular complexity index is 770. The lowest BCUT2D eigenvalue weighted by molar-refractivity contribution is 0.243. The topological polar surface area (TPSA) is 69.2 Å². The number of pyridine rings is 1. The fourth-order valence-electron chi connectivity index (χ4n) is 2.89. The van der Waals surface area contributed by atoms with E-state index in [1.54, 1.807) is 12.5 Å². The Kier molecular flexibility index (Phi) is 4.24. The number of rotatable bonds is 5.